The topological polar surface area (TPSA) is 77.0 Å². The Morgan fingerprint density at radius 1 is 1.15 bits per heavy atom. The van der Waals surface area contributed by atoms with E-state index in [0.29, 0.717) is 21.6 Å². The van der Waals surface area contributed by atoms with Crippen molar-refractivity contribution in [3.63, 3.8) is 0 Å². The lowest BCUT2D eigenvalue weighted by molar-refractivity contribution is -0.117. The van der Waals surface area contributed by atoms with Crippen LogP contribution < -0.4 is 10.7 Å². The molecule has 1 aromatic heterocycles. The minimum atomic E-state index is -0.384. The summed E-state index contributed by atoms with van der Waals surface area (Å²) in [5.41, 5.74) is 1.52. The zero-order valence-corrected chi connectivity index (χ0v) is 15.9. The van der Waals surface area contributed by atoms with Gasteiger partial charge in [-0.15, -0.1) is 10.2 Å². The number of nitrogens with zero attached hydrogens (tertiary/aromatic N) is 4. The molecule has 2 aromatic carbocycles. The van der Waals surface area contributed by atoms with Crippen molar-refractivity contribution in [2.24, 2.45) is 0 Å². The van der Waals surface area contributed by atoms with Crippen LogP contribution in [-0.4, -0.2) is 33.1 Å². The van der Waals surface area contributed by atoms with E-state index in [1.165, 1.54) is 16.4 Å². The quantitative estimate of drug-likeness (QED) is 0.536. The van der Waals surface area contributed by atoms with E-state index < -0.39 is 0 Å². The first kappa shape index (κ1) is 18.3. The van der Waals surface area contributed by atoms with Crippen LogP contribution in [0.1, 0.15) is 6.92 Å². The molecule has 134 valence electrons. The number of hydrogen-bond donors (Lipinski definition) is 1. The summed E-state index contributed by atoms with van der Waals surface area (Å²) < 4.78 is 1.36. The maximum Gasteiger partial charge on any atom is 0.240 e. The lowest BCUT2D eigenvalue weighted by Gasteiger charge is -2.20. The van der Waals surface area contributed by atoms with Gasteiger partial charge in [-0.25, -0.2) is 4.68 Å². The van der Waals surface area contributed by atoms with E-state index in [1.54, 1.807) is 18.0 Å². The third-order valence-corrected chi connectivity index (χ3v) is 5.26. The molecule has 0 bridgehead atoms. The summed E-state index contributed by atoms with van der Waals surface area (Å²) >= 11 is 7.45. The highest BCUT2D eigenvalue weighted by Gasteiger charge is 2.23. The molecule has 1 heterocycles. The van der Waals surface area contributed by atoms with Gasteiger partial charge in [0.15, 0.2) is 5.82 Å². The van der Waals surface area contributed by atoms with Crippen LogP contribution in [0.25, 0.3) is 11.4 Å². The van der Waals surface area contributed by atoms with Gasteiger partial charge in [-0.05, 0) is 31.2 Å². The van der Waals surface area contributed by atoms with Crippen LogP contribution in [0, 0.1) is 0 Å². The van der Waals surface area contributed by atoms with Gasteiger partial charge in [0.1, 0.15) is 0 Å². The number of halogens is 1. The van der Waals surface area contributed by atoms with Crippen molar-refractivity contribution in [2.45, 2.75) is 17.3 Å². The highest BCUT2D eigenvalue weighted by Crippen LogP contribution is 2.29. The maximum absolute atomic E-state index is 12.7. The van der Waals surface area contributed by atoms with E-state index in [4.69, 9.17) is 17.4 Å². The van der Waals surface area contributed by atoms with Crippen LogP contribution >= 0.6 is 23.4 Å². The summed E-state index contributed by atoms with van der Waals surface area (Å²) in [4.78, 5) is 14.3. The molecule has 0 aliphatic rings. The Kier molecular flexibility index (Phi) is 5.49. The van der Waals surface area contributed by atoms with Gasteiger partial charge < -0.3 is 10.7 Å². The molecule has 0 unspecified atom stereocenters. The lowest BCUT2D eigenvalue weighted by Crippen LogP contribution is -2.33. The van der Waals surface area contributed by atoms with Crippen molar-refractivity contribution >= 4 is 35.0 Å². The van der Waals surface area contributed by atoms with Crippen molar-refractivity contribution in [1.29, 1.82) is 0 Å². The molecule has 3 rings (SSSR count). The van der Waals surface area contributed by atoms with Gasteiger partial charge >= 0.3 is 0 Å². The van der Waals surface area contributed by atoms with Crippen molar-refractivity contribution in [3.8, 4) is 11.4 Å². The fraction of sp³-hybridized carbons (Fsp3) is 0.167. The summed E-state index contributed by atoms with van der Waals surface area (Å²) in [6, 6.07) is 16.7. The second-order valence-corrected chi connectivity index (χ2v) is 7.36. The molecule has 6 nitrogen and oxygen atoms in total. The van der Waals surface area contributed by atoms with Crippen molar-refractivity contribution in [1.82, 2.24) is 14.9 Å². The maximum atomic E-state index is 12.7. The van der Waals surface area contributed by atoms with E-state index in [-0.39, 0.29) is 11.2 Å². The molecule has 1 amide bonds. The summed E-state index contributed by atoms with van der Waals surface area (Å²) in [6.07, 6.45) is 0. The van der Waals surface area contributed by atoms with Gasteiger partial charge in [-0.1, -0.05) is 53.7 Å². The van der Waals surface area contributed by atoms with Gasteiger partial charge in [0.2, 0.25) is 11.1 Å². The van der Waals surface area contributed by atoms with Crippen LogP contribution in [0.2, 0.25) is 5.02 Å². The number of aromatic nitrogens is 3. The SMILES string of the molecule is C[C@H](Sc1nnc(-c2ccccc2Cl)n1N)C(=O)N(C)c1ccccc1. The number of rotatable bonds is 5. The van der Waals surface area contributed by atoms with Crippen LogP contribution in [0.3, 0.4) is 0 Å². The molecule has 3 aromatic rings. The molecular weight excluding hydrogens is 370 g/mol. The Balaban J connectivity index is 1.77. The zero-order valence-electron chi connectivity index (χ0n) is 14.3. The predicted octanol–water partition coefficient (Wildman–Crippen LogP) is 3.46. The monoisotopic (exact) mass is 387 g/mol. The number of nitrogen functional groups attached to an aromatic ring is 1. The first-order valence-corrected chi connectivity index (χ1v) is 9.19. The average molecular weight is 388 g/mol. The van der Waals surface area contributed by atoms with E-state index >= 15 is 0 Å². The summed E-state index contributed by atoms with van der Waals surface area (Å²) in [6.45, 7) is 1.82. The molecule has 0 aliphatic carbocycles. The molecule has 0 spiro atoms. The Labute approximate surface area is 160 Å². The van der Waals surface area contributed by atoms with Crippen LogP contribution in [-0.2, 0) is 4.79 Å². The van der Waals surface area contributed by atoms with Gasteiger partial charge in [0.05, 0.1) is 10.3 Å². The van der Waals surface area contributed by atoms with Crippen molar-refractivity contribution in [2.75, 3.05) is 17.8 Å². The van der Waals surface area contributed by atoms with E-state index in [9.17, 15) is 4.79 Å². The van der Waals surface area contributed by atoms with Gasteiger partial charge in [0, 0.05) is 18.3 Å². The molecule has 1 atom stereocenters. The number of benzene rings is 2. The number of amides is 1. The Morgan fingerprint density at radius 2 is 1.81 bits per heavy atom. The fourth-order valence-corrected chi connectivity index (χ4v) is 3.53. The van der Waals surface area contributed by atoms with Gasteiger partial charge in [0.25, 0.3) is 0 Å². The van der Waals surface area contributed by atoms with Gasteiger partial charge in [-0.3, -0.25) is 4.79 Å². The minimum Gasteiger partial charge on any atom is -0.335 e. The minimum absolute atomic E-state index is 0.0523. The third kappa shape index (κ3) is 3.68. The summed E-state index contributed by atoms with van der Waals surface area (Å²) in [5, 5.41) is 8.83. The number of thioether (sulfide) groups is 1. The Morgan fingerprint density at radius 3 is 2.50 bits per heavy atom. The number of hydrogen-bond acceptors (Lipinski definition) is 5. The molecule has 0 fully saturated rings. The standard InChI is InChI=1S/C18H18ClN5OS/c1-12(17(25)23(2)13-8-4-3-5-9-13)26-18-22-21-16(24(18)20)14-10-6-7-11-15(14)19/h3-12H,20H2,1-2H3/t12-/m0/s1. The highest BCUT2D eigenvalue weighted by atomic mass is 35.5. The lowest BCUT2D eigenvalue weighted by atomic mass is 10.2. The Bertz CT molecular complexity index is 915. The first-order chi connectivity index (χ1) is 12.5. The molecule has 2 N–H and O–H groups in total. The molecule has 8 heteroatoms. The second-order valence-electron chi connectivity index (χ2n) is 5.65. The van der Waals surface area contributed by atoms with Crippen LogP contribution in [0.15, 0.2) is 59.8 Å². The average Bonchev–Trinajstić information content (AvgIpc) is 3.02. The van der Waals surface area contributed by atoms with Crippen molar-refractivity contribution in [3.05, 3.63) is 59.6 Å². The summed E-state index contributed by atoms with van der Waals surface area (Å²) in [7, 11) is 1.75. The zero-order chi connectivity index (χ0) is 18.7. The van der Waals surface area contributed by atoms with Crippen LogP contribution in [0.5, 0.6) is 0 Å². The number of anilines is 1. The van der Waals surface area contributed by atoms with Crippen molar-refractivity contribution < 1.29 is 4.79 Å². The highest BCUT2D eigenvalue weighted by molar-refractivity contribution is 8.00. The van der Waals surface area contributed by atoms with Crippen LogP contribution in [0.4, 0.5) is 5.69 Å². The number of carbonyl (C=O) groups excluding carboxylic acids is 1. The molecule has 0 aliphatic heterocycles. The van der Waals surface area contributed by atoms with Gasteiger partial charge in [-0.2, -0.15) is 0 Å². The molecular formula is C18H18ClN5OS. The molecule has 26 heavy (non-hydrogen) atoms. The smallest absolute Gasteiger partial charge is 0.240 e. The summed E-state index contributed by atoms with van der Waals surface area (Å²) in [5.74, 6) is 6.53. The molecule has 0 saturated carbocycles. The first-order valence-electron chi connectivity index (χ1n) is 7.93. The largest absolute Gasteiger partial charge is 0.335 e. The predicted molar refractivity (Wildman–Crippen MR) is 106 cm³/mol. The Hall–Kier alpha value is -2.51. The molecule has 0 radical (unpaired) electrons. The number of para-hydroxylation sites is 1. The number of nitrogens with two attached hydrogens (primary N) is 1. The van der Waals surface area contributed by atoms with E-state index in [2.05, 4.69) is 10.2 Å². The second kappa shape index (κ2) is 7.80. The molecule has 0 saturated heterocycles. The fourth-order valence-electron chi connectivity index (χ4n) is 2.44. The van der Waals surface area contributed by atoms with E-state index in [0.717, 1.165) is 5.69 Å². The number of carbonyl (C=O) groups is 1. The normalized spacial score (nSPS) is 12.0. The third-order valence-electron chi connectivity index (χ3n) is 3.88. The van der Waals surface area contributed by atoms with E-state index in [1.807, 2.05) is 55.5 Å².